The van der Waals surface area contributed by atoms with Crippen molar-refractivity contribution >= 4 is 11.6 Å². The maximum absolute atomic E-state index is 6.17. The molecule has 1 aliphatic rings. The van der Waals surface area contributed by atoms with Crippen molar-refractivity contribution in [2.24, 2.45) is 0 Å². The summed E-state index contributed by atoms with van der Waals surface area (Å²) in [6, 6.07) is 8.10. The lowest BCUT2D eigenvalue weighted by Gasteiger charge is -2.39. The quantitative estimate of drug-likeness (QED) is 0.852. The Hall–Kier alpha value is -0.570. The normalized spacial score (nSPS) is 20.9. The largest absolute Gasteiger partial charge is 0.309 e. The van der Waals surface area contributed by atoms with Gasteiger partial charge >= 0.3 is 0 Å². The number of rotatable bonds is 2. The van der Waals surface area contributed by atoms with E-state index >= 15 is 0 Å². The second-order valence-electron chi connectivity index (χ2n) is 5.11. The highest BCUT2D eigenvalue weighted by Crippen LogP contribution is 2.19. The Labute approximate surface area is 103 Å². The smallest absolute Gasteiger partial charge is 0.0451 e. The molecule has 0 atom stereocenters. The van der Waals surface area contributed by atoms with Gasteiger partial charge in [0.1, 0.15) is 0 Å². The highest BCUT2D eigenvalue weighted by Gasteiger charge is 2.25. The molecule has 0 spiro atoms. The van der Waals surface area contributed by atoms with E-state index in [0.29, 0.717) is 0 Å². The molecule has 88 valence electrons. The van der Waals surface area contributed by atoms with E-state index in [9.17, 15) is 0 Å². The van der Waals surface area contributed by atoms with E-state index in [1.807, 2.05) is 12.1 Å². The molecule has 2 rings (SSSR count). The van der Waals surface area contributed by atoms with Crippen LogP contribution in [0.25, 0.3) is 0 Å². The van der Waals surface area contributed by atoms with Crippen molar-refractivity contribution < 1.29 is 0 Å². The maximum atomic E-state index is 6.17. The minimum absolute atomic E-state index is 0.208. The van der Waals surface area contributed by atoms with Crippen molar-refractivity contribution in [2.75, 3.05) is 19.6 Å². The molecular weight excluding hydrogens is 220 g/mol. The Morgan fingerprint density at radius 2 is 2.12 bits per heavy atom. The molecule has 1 N–H and O–H groups in total. The Morgan fingerprint density at radius 3 is 2.81 bits per heavy atom. The van der Waals surface area contributed by atoms with Gasteiger partial charge in [0.25, 0.3) is 0 Å². The molecule has 16 heavy (non-hydrogen) atoms. The molecule has 0 unspecified atom stereocenters. The topological polar surface area (TPSA) is 15.3 Å². The van der Waals surface area contributed by atoms with Crippen molar-refractivity contribution in [3.63, 3.8) is 0 Å². The summed E-state index contributed by atoms with van der Waals surface area (Å²) in [5, 5.41) is 4.39. The summed E-state index contributed by atoms with van der Waals surface area (Å²) in [4.78, 5) is 2.46. The lowest BCUT2D eigenvalue weighted by Crippen LogP contribution is -2.56. The van der Waals surface area contributed by atoms with Gasteiger partial charge in [-0.1, -0.05) is 29.8 Å². The first-order chi connectivity index (χ1) is 7.57. The van der Waals surface area contributed by atoms with E-state index in [-0.39, 0.29) is 5.54 Å². The van der Waals surface area contributed by atoms with Crippen LogP contribution < -0.4 is 5.32 Å². The predicted molar refractivity (Wildman–Crippen MR) is 68.8 cm³/mol. The molecule has 0 aromatic heterocycles. The van der Waals surface area contributed by atoms with E-state index in [4.69, 9.17) is 11.6 Å². The van der Waals surface area contributed by atoms with Crippen molar-refractivity contribution in [1.29, 1.82) is 0 Å². The molecular formula is C13H19ClN2. The molecule has 1 aliphatic heterocycles. The first-order valence-corrected chi connectivity index (χ1v) is 6.15. The first-order valence-electron chi connectivity index (χ1n) is 5.78. The number of benzene rings is 1. The molecule has 0 aliphatic carbocycles. The molecule has 1 aromatic rings. The molecule has 1 aromatic carbocycles. The van der Waals surface area contributed by atoms with Crippen LogP contribution in [0.5, 0.6) is 0 Å². The van der Waals surface area contributed by atoms with Crippen molar-refractivity contribution in [3.05, 3.63) is 34.9 Å². The molecule has 3 heteroatoms. The van der Waals surface area contributed by atoms with Gasteiger partial charge in [0.15, 0.2) is 0 Å². The third kappa shape index (κ3) is 2.97. The van der Waals surface area contributed by atoms with Crippen LogP contribution in [0.15, 0.2) is 24.3 Å². The second kappa shape index (κ2) is 4.74. The van der Waals surface area contributed by atoms with Crippen molar-refractivity contribution in [1.82, 2.24) is 10.2 Å². The van der Waals surface area contributed by atoms with Crippen LogP contribution in [-0.2, 0) is 6.54 Å². The molecule has 0 radical (unpaired) electrons. The monoisotopic (exact) mass is 238 g/mol. The fraction of sp³-hybridized carbons (Fsp3) is 0.538. The summed E-state index contributed by atoms with van der Waals surface area (Å²) < 4.78 is 0. The highest BCUT2D eigenvalue weighted by molar-refractivity contribution is 6.31. The Morgan fingerprint density at radius 1 is 1.38 bits per heavy atom. The summed E-state index contributed by atoms with van der Waals surface area (Å²) in [5.74, 6) is 0. The number of nitrogens with zero attached hydrogens (tertiary/aromatic N) is 1. The van der Waals surface area contributed by atoms with E-state index in [0.717, 1.165) is 31.2 Å². The van der Waals surface area contributed by atoms with Gasteiger partial charge in [-0.3, -0.25) is 4.90 Å². The van der Waals surface area contributed by atoms with Crippen LogP contribution in [-0.4, -0.2) is 30.1 Å². The van der Waals surface area contributed by atoms with Gasteiger partial charge in [-0.2, -0.15) is 0 Å². The summed E-state index contributed by atoms with van der Waals surface area (Å²) in [6.07, 6.45) is 0. The van der Waals surface area contributed by atoms with E-state index in [2.05, 4.69) is 36.2 Å². The SMILES string of the molecule is CC1(C)CN(Cc2ccccc2Cl)CCN1. The van der Waals surface area contributed by atoms with Crippen LogP contribution in [0.2, 0.25) is 5.02 Å². The third-order valence-electron chi connectivity index (χ3n) is 3.00. The van der Waals surface area contributed by atoms with E-state index < -0.39 is 0 Å². The standard InChI is InChI=1S/C13H19ClN2/c1-13(2)10-16(8-7-15-13)9-11-5-3-4-6-12(11)14/h3-6,15H,7-10H2,1-2H3. The molecule has 0 bridgehead atoms. The van der Waals surface area contributed by atoms with Crippen molar-refractivity contribution in [2.45, 2.75) is 25.9 Å². The van der Waals surface area contributed by atoms with Crippen LogP contribution in [0.1, 0.15) is 19.4 Å². The van der Waals surface area contributed by atoms with Gasteiger partial charge in [-0.25, -0.2) is 0 Å². The minimum Gasteiger partial charge on any atom is -0.309 e. The maximum Gasteiger partial charge on any atom is 0.0451 e. The van der Waals surface area contributed by atoms with Crippen LogP contribution in [0.3, 0.4) is 0 Å². The lowest BCUT2D eigenvalue weighted by atomic mass is 10.0. The van der Waals surface area contributed by atoms with E-state index in [1.54, 1.807) is 0 Å². The van der Waals surface area contributed by atoms with Gasteiger partial charge in [0, 0.05) is 36.7 Å². The molecule has 1 saturated heterocycles. The molecule has 1 heterocycles. The average molecular weight is 239 g/mol. The highest BCUT2D eigenvalue weighted by atomic mass is 35.5. The minimum atomic E-state index is 0.208. The summed E-state index contributed by atoms with van der Waals surface area (Å²) in [5.41, 5.74) is 1.43. The fourth-order valence-corrected chi connectivity index (χ4v) is 2.44. The van der Waals surface area contributed by atoms with Gasteiger partial charge in [-0.15, -0.1) is 0 Å². The van der Waals surface area contributed by atoms with Gasteiger partial charge in [0.05, 0.1) is 0 Å². The van der Waals surface area contributed by atoms with Crippen LogP contribution >= 0.6 is 11.6 Å². The Balaban J connectivity index is 2.02. The Bertz CT molecular complexity index is 363. The number of piperazine rings is 1. The summed E-state index contributed by atoms with van der Waals surface area (Å²) >= 11 is 6.17. The zero-order chi connectivity index (χ0) is 11.6. The van der Waals surface area contributed by atoms with Crippen LogP contribution in [0.4, 0.5) is 0 Å². The van der Waals surface area contributed by atoms with Crippen molar-refractivity contribution in [3.8, 4) is 0 Å². The number of hydrogen-bond donors (Lipinski definition) is 1. The van der Waals surface area contributed by atoms with E-state index in [1.165, 1.54) is 5.56 Å². The van der Waals surface area contributed by atoms with Gasteiger partial charge in [0.2, 0.25) is 0 Å². The van der Waals surface area contributed by atoms with Gasteiger partial charge < -0.3 is 5.32 Å². The third-order valence-corrected chi connectivity index (χ3v) is 3.37. The lowest BCUT2D eigenvalue weighted by molar-refractivity contribution is 0.148. The zero-order valence-electron chi connectivity index (χ0n) is 9.96. The summed E-state index contributed by atoms with van der Waals surface area (Å²) in [6.45, 7) is 8.65. The fourth-order valence-electron chi connectivity index (χ4n) is 2.25. The van der Waals surface area contributed by atoms with Gasteiger partial charge in [-0.05, 0) is 25.5 Å². The van der Waals surface area contributed by atoms with Crippen LogP contribution in [0, 0.1) is 0 Å². The molecule has 1 fully saturated rings. The number of halogens is 1. The number of hydrogen-bond acceptors (Lipinski definition) is 2. The first kappa shape index (κ1) is 11.9. The molecule has 2 nitrogen and oxygen atoms in total. The Kier molecular flexibility index (Phi) is 3.53. The predicted octanol–water partition coefficient (Wildman–Crippen LogP) is 2.52. The zero-order valence-corrected chi connectivity index (χ0v) is 10.7. The number of nitrogens with one attached hydrogen (secondary N) is 1. The molecule has 0 saturated carbocycles. The summed E-state index contributed by atoms with van der Waals surface area (Å²) in [7, 11) is 0. The molecule has 0 amide bonds. The average Bonchev–Trinajstić information content (AvgIpc) is 2.20. The second-order valence-corrected chi connectivity index (χ2v) is 5.52.